The summed E-state index contributed by atoms with van der Waals surface area (Å²) in [6.07, 6.45) is 7.47. The molecule has 23 heavy (non-hydrogen) atoms. The van der Waals surface area contributed by atoms with Crippen LogP contribution in [0.5, 0.6) is 0 Å². The standard InChI is InChI=1S/C18H17F2N3/c1-18(2,11-21)12-9-14(19)17(15(20)10-12)16-7-6-13-5-3-4-8-23(13)22-16/h5-7,9-10H,3-4,8H2,1-2H3. The molecule has 0 fully saturated rings. The summed E-state index contributed by atoms with van der Waals surface area (Å²) in [5.41, 5.74) is 0.442. The Hall–Kier alpha value is -2.48. The highest BCUT2D eigenvalue weighted by molar-refractivity contribution is 6.09. The molecule has 0 radical (unpaired) electrons. The maximum absolute atomic E-state index is 14.5. The highest BCUT2D eigenvalue weighted by Gasteiger charge is 2.26. The highest BCUT2D eigenvalue weighted by Crippen LogP contribution is 2.28. The van der Waals surface area contributed by atoms with Gasteiger partial charge in [-0.1, -0.05) is 6.08 Å². The van der Waals surface area contributed by atoms with Gasteiger partial charge in [0.15, 0.2) is 0 Å². The molecule has 0 atom stereocenters. The normalized spacial score (nSPS) is 17.3. The Morgan fingerprint density at radius 3 is 2.57 bits per heavy atom. The van der Waals surface area contributed by atoms with E-state index in [4.69, 9.17) is 5.26 Å². The minimum atomic E-state index is -0.951. The number of allylic oxidation sites excluding steroid dienone is 3. The average molecular weight is 313 g/mol. The third-order valence-electron chi connectivity index (χ3n) is 4.17. The van der Waals surface area contributed by atoms with Crippen molar-refractivity contribution in [1.82, 2.24) is 5.01 Å². The molecule has 3 nitrogen and oxygen atoms in total. The van der Waals surface area contributed by atoms with E-state index >= 15 is 0 Å². The van der Waals surface area contributed by atoms with E-state index in [-0.39, 0.29) is 11.3 Å². The lowest BCUT2D eigenvalue weighted by atomic mass is 9.85. The van der Waals surface area contributed by atoms with Crippen LogP contribution in [0.2, 0.25) is 0 Å². The Bertz CT molecular complexity index is 759. The summed E-state index contributed by atoms with van der Waals surface area (Å²) in [5.74, 6) is -1.40. The predicted octanol–water partition coefficient (Wildman–Crippen LogP) is 4.02. The van der Waals surface area contributed by atoms with Gasteiger partial charge >= 0.3 is 0 Å². The molecular formula is C18H17F2N3. The minimum Gasteiger partial charge on any atom is -0.265 e. The molecule has 2 aliphatic heterocycles. The number of halogens is 2. The van der Waals surface area contributed by atoms with Gasteiger partial charge in [-0.2, -0.15) is 10.4 Å². The van der Waals surface area contributed by atoms with Crippen molar-refractivity contribution in [3.05, 3.63) is 58.8 Å². The van der Waals surface area contributed by atoms with Crippen LogP contribution in [0.15, 0.2) is 41.2 Å². The Morgan fingerprint density at radius 2 is 1.91 bits per heavy atom. The van der Waals surface area contributed by atoms with Crippen molar-refractivity contribution in [3.8, 4) is 6.07 Å². The first-order valence-corrected chi connectivity index (χ1v) is 7.58. The molecule has 3 rings (SSSR count). The molecule has 0 unspecified atom stereocenters. The van der Waals surface area contributed by atoms with E-state index in [0.29, 0.717) is 5.56 Å². The number of hydrogen-bond donors (Lipinski definition) is 0. The van der Waals surface area contributed by atoms with Gasteiger partial charge in [-0.25, -0.2) is 8.78 Å². The van der Waals surface area contributed by atoms with Crippen LogP contribution in [0.25, 0.3) is 0 Å². The SMILES string of the molecule is CC(C)(C#N)c1cc(F)c(C2=NN3CCCC=C3C=C2)c(F)c1. The molecule has 118 valence electrons. The monoisotopic (exact) mass is 313 g/mol. The van der Waals surface area contributed by atoms with E-state index in [1.807, 2.05) is 6.08 Å². The molecule has 0 saturated heterocycles. The number of hydrazone groups is 1. The fourth-order valence-corrected chi connectivity index (χ4v) is 2.69. The Balaban J connectivity index is 2.04. The molecule has 0 spiro atoms. The lowest BCUT2D eigenvalue weighted by Gasteiger charge is -2.27. The van der Waals surface area contributed by atoms with Crippen LogP contribution in [-0.4, -0.2) is 17.3 Å². The number of nitriles is 1. The summed E-state index contributed by atoms with van der Waals surface area (Å²) >= 11 is 0. The van der Waals surface area contributed by atoms with Crippen molar-refractivity contribution < 1.29 is 8.78 Å². The number of hydrogen-bond acceptors (Lipinski definition) is 3. The largest absolute Gasteiger partial charge is 0.265 e. The van der Waals surface area contributed by atoms with Crippen molar-refractivity contribution in [1.29, 1.82) is 5.26 Å². The van der Waals surface area contributed by atoms with Crippen molar-refractivity contribution in [2.45, 2.75) is 32.1 Å². The average Bonchev–Trinajstić information content (AvgIpc) is 2.54. The zero-order valence-corrected chi connectivity index (χ0v) is 13.1. The van der Waals surface area contributed by atoms with Crippen molar-refractivity contribution in [2.24, 2.45) is 5.10 Å². The quantitative estimate of drug-likeness (QED) is 0.827. The minimum absolute atomic E-state index is 0.150. The molecule has 0 saturated carbocycles. The third-order valence-corrected chi connectivity index (χ3v) is 4.17. The fraction of sp³-hybridized carbons (Fsp3) is 0.333. The van der Waals surface area contributed by atoms with Crippen LogP contribution in [0.4, 0.5) is 8.78 Å². The topological polar surface area (TPSA) is 39.4 Å². The first-order chi connectivity index (χ1) is 10.9. The second-order valence-electron chi connectivity index (χ2n) is 6.26. The molecule has 0 N–H and O–H groups in total. The van der Waals surface area contributed by atoms with Gasteiger partial charge in [-0.15, -0.1) is 0 Å². The third kappa shape index (κ3) is 2.77. The fourth-order valence-electron chi connectivity index (χ4n) is 2.69. The maximum Gasteiger partial charge on any atom is 0.135 e. The van der Waals surface area contributed by atoms with E-state index < -0.39 is 17.0 Å². The lowest BCUT2D eigenvalue weighted by molar-refractivity contribution is 0.349. The Labute approximate surface area is 134 Å². The van der Waals surface area contributed by atoms with Crippen molar-refractivity contribution in [2.75, 3.05) is 6.54 Å². The molecule has 5 heteroatoms. The van der Waals surface area contributed by atoms with Gasteiger partial charge in [0.1, 0.15) is 11.6 Å². The highest BCUT2D eigenvalue weighted by atomic mass is 19.1. The molecule has 2 heterocycles. The molecule has 1 aromatic carbocycles. The van der Waals surface area contributed by atoms with Gasteiger partial charge in [0, 0.05) is 6.54 Å². The number of nitrogens with zero attached hydrogens (tertiary/aromatic N) is 3. The summed E-state index contributed by atoms with van der Waals surface area (Å²) in [6, 6.07) is 4.50. The molecular weight excluding hydrogens is 296 g/mol. The molecule has 1 aromatic rings. The van der Waals surface area contributed by atoms with Gasteiger partial charge in [0.05, 0.1) is 28.5 Å². The first-order valence-electron chi connectivity index (χ1n) is 7.58. The zero-order valence-electron chi connectivity index (χ0n) is 13.1. The number of benzene rings is 1. The second-order valence-corrected chi connectivity index (χ2v) is 6.26. The molecule has 2 aliphatic rings. The van der Waals surface area contributed by atoms with E-state index in [2.05, 4.69) is 17.2 Å². The predicted molar refractivity (Wildman–Crippen MR) is 84.7 cm³/mol. The van der Waals surface area contributed by atoms with Crippen LogP contribution in [0.1, 0.15) is 37.8 Å². The van der Waals surface area contributed by atoms with E-state index in [9.17, 15) is 8.78 Å². The second kappa shape index (κ2) is 5.62. The van der Waals surface area contributed by atoms with Gasteiger partial charge in [-0.05, 0) is 56.5 Å². The van der Waals surface area contributed by atoms with Crippen LogP contribution in [0.3, 0.4) is 0 Å². The van der Waals surface area contributed by atoms with E-state index in [1.165, 1.54) is 12.1 Å². The number of fused-ring (bicyclic) bond motifs is 1. The first kappa shape index (κ1) is 15.4. The molecule has 0 aromatic heterocycles. The Kier molecular flexibility index (Phi) is 3.77. The van der Waals surface area contributed by atoms with Crippen molar-refractivity contribution >= 4 is 5.71 Å². The van der Waals surface area contributed by atoms with E-state index in [0.717, 1.165) is 25.1 Å². The van der Waals surface area contributed by atoms with Gasteiger partial charge in [0.25, 0.3) is 0 Å². The summed E-state index contributed by atoms with van der Waals surface area (Å²) in [6.45, 7) is 4.00. The lowest BCUT2D eigenvalue weighted by Crippen LogP contribution is -2.26. The molecule has 0 bridgehead atoms. The molecule has 0 aliphatic carbocycles. The van der Waals surface area contributed by atoms with Gasteiger partial charge in [-0.3, -0.25) is 5.01 Å². The zero-order chi connectivity index (χ0) is 16.6. The summed E-state index contributed by atoms with van der Waals surface area (Å²) in [4.78, 5) is 0. The van der Waals surface area contributed by atoms with E-state index in [1.54, 1.807) is 24.9 Å². The smallest absolute Gasteiger partial charge is 0.135 e. The maximum atomic E-state index is 14.5. The van der Waals surface area contributed by atoms with Gasteiger partial charge in [0.2, 0.25) is 0 Å². The van der Waals surface area contributed by atoms with Crippen LogP contribution >= 0.6 is 0 Å². The van der Waals surface area contributed by atoms with Crippen LogP contribution < -0.4 is 0 Å². The summed E-state index contributed by atoms with van der Waals surface area (Å²) in [7, 11) is 0. The Morgan fingerprint density at radius 1 is 1.22 bits per heavy atom. The van der Waals surface area contributed by atoms with Gasteiger partial charge < -0.3 is 0 Å². The summed E-state index contributed by atoms with van der Waals surface area (Å²) in [5, 5.41) is 15.3. The molecule has 0 amide bonds. The summed E-state index contributed by atoms with van der Waals surface area (Å²) < 4.78 is 29.0. The van der Waals surface area contributed by atoms with Crippen LogP contribution in [-0.2, 0) is 5.41 Å². The van der Waals surface area contributed by atoms with Crippen molar-refractivity contribution in [3.63, 3.8) is 0 Å². The van der Waals surface area contributed by atoms with Crippen LogP contribution in [0, 0.1) is 23.0 Å². The number of rotatable bonds is 2.